The summed E-state index contributed by atoms with van der Waals surface area (Å²) in [5.41, 5.74) is 0. The zero-order chi connectivity index (χ0) is 7.23. The Morgan fingerprint density at radius 2 is 2.00 bits per heavy atom. The van der Waals surface area contributed by atoms with Crippen molar-refractivity contribution >= 4 is 0 Å². The first-order valence-electron chi connectivity index (χ1n) is 4.36. The number of nitrogens with one attached hydrogen (secondary N) is 1. The van der Waals surface area contributed by atoms with E-state index in [0.29, 0.717) is 0 Å². The quantitative estimate of drug-likeness (QED) is 0.569. The molecule has 1 N–H and O–H groups in total. The highest BCUT2D eigenvalue weighted by molar-refractivity contribution is 4.71. The molecule has 0 aromatic heterocycles. The van der Waals surface area contributed by atoms with Crippen molar-refractivity contribution in [2.75, 3.05) is 32.7 Å². The highest BCUT2D eigenvalue weighted by Crippen LogP contribution is 1.92. The van der Waals surface area contributed by atoms with Gasteiger partial charge in [-0.05, 0) is 0 Å². The molecule has 0 amide bonds. The Bertz CT molecular complexity index is 77.3. The minimum atomic E-state index is 1.18. The van der Waals surface area contributed by atoms with Gasteiger partial charge in [0.15, 0.2) is 0 Å². The molecule has 0 aliphatic carbocycles. The van der Waals surface area contributed by atoms with Crippen LogP contribution in [-0.2, 0) is 0 Å². The summed E-state index contributed by atoms with van der Waals surface area (Å²) >= 11 is 0. The van der Waals surface area contributed by atoms with Gasteiger partial charge >= 0.3 is 0 Å². The van der Waals surface area contributed by atoms with Gasteiger partial charge in [0, 0.05) is 19.5 Å². The third-order valence-electron chi connectivity index (χ3n) is 2.04. The molecule has 0 atom stereocenters. The van der Waals surface area contributed by atoms with Crippen molar-refractivity contribution in [3.05, 3.63) is 0 Å². The van der Waals surface area contributed by atoms with E-state index in [1.807, 2.05) is 0 Å². The fraction of sp³-hybridized carbons (Fsp3) is 1.00. The van der Waals surface area contributed by atoms with Crippen LogP contribution in [0.1, 0.15) is 19.8 Å². The maximum absolute atomic E-state index is 3.35. The topological polar surface area (TPSA) is 17.9 Å². The Balaban J connectivity index is 2.02. The molecule has 0 spiro atoms. The molecule has 59 valence electrons. The SMILES string of the molecule is CCCC[N+]1CCNCC1. The second-order valence-electron chi connectivity index (χ2n) is 2.95. The van der Waals surface area contributed by atoms with Crippen molar-refractivity contribution in [2.45, 2.75) is 19.8 Å². The van der Waals surface area contributed by atoms with Crippen molar-refractivity contribution in [2.24, 2.45) is 0 Å². The predicted octanol–water partition coefficient (Wildman–Crippen LogP) is 0.530. The summed E-state index contributed by atoms with van der Waals surface area (Å²) in [6, 6.07) is 0. The molecule has 1 saturated heterocycles. The van der Waals surface area contributed by atoms with E-state index in [2.05, 4.69) is 17.1 Å². The largest absolute Gasteiger partial charge is 0.306 e. The van der Waals surface area contributed by atoms with Crippen LogP contribution >= 0.6 is 0 Å². The molecule has 1 radical (unpaired) electrons. The zero-order valence-corrected chi connectivity index (χ0v) is 6.90. The van der Waals surface area contributed by atoms with Crippen LogP contribution in [0.5, 0.6) is 0 Å². The lowest BCUT2D eigenvalue weighted by molar-refractivity contribution is 0.349. The van der Waals surface area contributed by atoms with Gasteiger partial charge in [-0.2, -0.15) is 4.90 Å². The van der Waals surface area contributed by atoms with Gasteiger partial charge in [-0.25, -0.2) is 0 Å². The highest BCUT2D eigenvalue weighted by Gasteiger charge is 2.16. The maximum Gasteiger partial charge on any atom is 0.135 e. The van der Waals surface area contributed by atoms with E-state index in [-0.39, 0.29) is 0 Å². The molecule has 2 nitrogen and oxygen atoms in total. The summed E-state index contributed by atoms with van der Waals surface area (Å²) in [6.45, 7) is 8.42. The Hall–Kier alpha value is -0.0800. The number of hydrogen-bond acceptors (Lipinski definition) is 2. The lowest BCUT2D eigenvalue weighted by Gasteiger charge is -2.17. The van der Waals surface area contributed by atoms with Crippen molar-refractivity contribution in [3.8, 4) is 0 Å². The molecule has 1 aliphatic heterocycles. The monoisotopic (exact) mass is 142 g/mol. The minimum absolute atomic E-state index is 1.18. The molecule has 0 bridgehead atoms. The van der Waals surface area contributed by atoms with Crippen LogP contribution in [-0.4, -0.2) is 32.7 Å². The number of rotatable bonds is 3. The van der Waals surface area contributed by atoms with E-state index in [4.69, 9.17) is 0 Å². The van der Waals surface area contributed by atoms with E-state index in [9.17, 15) is 0 Å². The third kappa shape index (κ3) is 2.67. The van der Waals surface area contributed by atoms with E-state index in [0.717, 1.165) is 0 Å². The summed E-state index contributed by atoms with van der Waals surface area (Å²) < 4.78 is 0. The first-order valence-corrected chi connectivity index (χ1v) is 4.36. The second-order valence-corrected chi connectivity index (χ2v) is 2.95. The van der Waals surface area contributed by atoms with Crippen LogP contribution in [0.4, 0.5) is 0 Å². The van der Waals surface area contributed by atoms with E-state index in [1.54, 1.807) is 0 Å². The Kier molecular flexibility index (Phi) is 3.76. The van der Waals surface area contributed by atoms with Gasteiger partial charge < -0.3 is 5.32 Å². The number of unbranched alkanes of at least 4 members (excludes halogenated alkanes) is 1. The fourth-order valence-electron chi connectivity index (χ4n) is 1.32. The van der Waals surface area contributed by atoms with Gasteiger partial charge in [0.2, 0.25) is 0 Å². The number of hydrogen-bond donors (Lipinski definition) is 1. The van der Waals surface area contributed by atoms with Crippen molar-refractivity contribution in [1.29, 1.82) is 0 Å². The average molecular weight is 142 g/mol. The van der Waals surface area contributed by atoms with Crippen molar-refractivity contribution in [1.82, 2.24) is 10.2 Å². The van der Waals surface area contributed by atoms with Crippen LogP contribution in [0.25, 0.3) is 0 Å². The zero-order valence-electron chi connectivity index (χ0n) is 6.90. The van der Waals surface area contributed by atoms with E-state index < -0.39 is 0 Å². The Morgan fingerprint density at radius 3 is 2.60 bits per heavy atom. The summed E-state index contributed by atoms with van der Waals surface area (Å²) in [7, 11) is 0. The smallest absolute Gasteiger partial charge is 0.135 e. The summed E-state index contributed by atoms with van der Waals surface area (Å²) in [4.78, 5) is 2.54. The van der Waals surface area contributed by atoms with E-state index in [1.165, 1.54) is 45.6 Å². The van der Waals surface area contributed by atoms with Crippen LogP contribution in [0, 0.1) is 0 Å². The molecule has 1 rings (SSSR count). The van der Waals surface area contributed by atoms with E-state index >= 15 is 0 Å². The molecule has 0 aromatic carbocycles. The van der Waals surface area contributed by atoms with Crippen LogP contribution < -0.4 is 10.2 Å². The Morgan fingerprint density at radius 1 is 1.30 bits per heavy atom. The van der Waals surface area contributed by atoms with Gasteiger partial charge in [-0.3, -0.25) is 0 Å². The molecule has 1 heterocycles. The molecule has 0 unspecified atom stereocenters. The average Bonchev–Trinajstić information content (AvgIpc) is 2.03. The van der Waals surface area contributed by atoms with Crippen LogP contribution in [0.15, 0.2) is 0 Å². The lowest BCUT2D eigenvalue weighted by atomic mass is 10.3. The molecule has 1 aliphatic rings. The Labute approximate surface area is 63.6 Å². The molecular weight excluding hydrogens is 124 g/mol. The fourth-order valence-corrected chi connectivity index (χ4v) is 1.32. The summed E-state index contributed by atoms with van der Waals surface area (Å²) in [6.07, 6.45) is 2.68. The third-order valence-corrected chi connectivity index (χ3v) is 2.04. The highest BCUT2D eigenvalue weighted by atomic mass is 15.2. The van der Waals surface area contributed by atoms with Crippen molar-refractivity contribution < 1.29 is 0 Å². The number of piperazine rings is 1. The molecule has 2 heteroatoms. The van der Waals surface area contributed by atoms with Gasteiger partial charge in [-0.15, -0.1) is 0 Å². The minimum Gasteiger partial charge on any atom is -0.306 e. The molecule has 0 saturated carbocycles. The lowest BCUT2D eigenvalue weighted by Crippen LogP contribution is -2.47. The van der Waals surface area contributed by atoms with Gasteiger partial charge in [0.1, 0.15) is 19.6 Å². The van der Waals surface area contributed by atoms with Gasteiger partial charge in [0.25, 0.3) is 0 Å². The van der Waals surface area contributed by atoms with Gasteiger partial charge in [0.05, 0.1) is 0 Å². The van der Waals surface area contributed by atoms with Gasteiger partial charge in [-0.1, -0.05) is 13.3 Å². The molecular formula is C8H18N2+. The first-order chi connectivity index (χ1) is 4.93. The molecule has 10 heavy (non-hydrogen) atoms. The summed E-state index contributed by atoms with van der Waals surface area (Å²) in [5, 5.41) is 3.35. The normalized spacial score (nSPS) is 21.3. The molecule has 0 aromatic rings. The maximum atomic E-state index is 3.35. The van der Waals surface area contributed by atoms with Crippen LogP contribution in [0.3, 0.4) is 0 Å². The van der Waals surface area contributed by atoms with Crippen molar-refractivity contribution in [3.63, 3.8) is 0 Å². The summed E-state index contributed by atoms with van der Waals surface area (Å²) in [5.74, 6) is 0. The second kappa shape index (κ2) is 4.69. The number of nitrogens with zero attached hydrogens (tertiary/aromatic N) is 1. The van der Waals surface area contributed by atoms with Crippen LogP contribution in [0.2, 0.25) is 0 Å². The predicted molar refractivity (Wildman–Crippen MR) is 44.5 cm³/mol. The first kappa shape index (κ1) is 8.02. The standard InChI is InChI=1S/C8H18N2/c1-2-3-6-10-7-4-9-5-8-10/h9H,2-8H2,1H3/q+1. The molecule has 1 fully saturated rings.